The number of hydrogen-bond acceptors (Lipinski definition) is 3. The van der Waals surface area contributed by atoms with Crippen LogP contribution >= 0.6 is 0 Å². The molecule has 2 rings (SSSR count). The van der Waals surface area contributed by atoms with Gasteiger partial charge in [-0.3, -0.25) is 4.90 Å². The predicted molar refractivity (Wildman–Crippen MR) is 45.8 cm³/mol. The monoisotopic (exact) mass is 171 g/mol. The van der Waals surface area contributed by atoms with Gasteiger partial charge in [0.25, 0.3) is 0 Å². The van der Waals surface area contributed by atoms with E-state index in [1.807, 2.05) is 0 Å². The van der Waals surface area contributed by atoms with Crippen LogP contribution in [0, 0.1) is 5.92 Å². The summed E-state index contributed by atoms with van der Waals surface area (Å²) in [6, 6.07) is 0.457. The highest BCUT2D eigenvalue weighted by molar-refractivity contribution is 4.92. The Morgan fingerprint density at radius 2 is 2.08 bits per heavy atom. The zero-order valence-electron chi connectivity index (χ0n) is 7.32. The van der Waals surface area contributed by atoms with E-state index in [4.69, 9.17) is 5.11 Å². The van der Waals surface area contributed by atoms with Gasteiger partial charge >= 0.3 is 0 Å². The van der Waals surface area contributed by atoms with Crippen molar-refractivity contribution in [1.82, 2.24) is 4.90 Å². The highest BCUT2D eigenvalue weighted by atomic mass is 16.3. The van der Waals surface area contributed by atoms with Crippen LogP contribution in [-0.2, 0) is 0 Å². The number of fused-ring (bicyclic) bond motifs is 1. The minimum absolute atomic E-state index is 0.112. The standard InChI is InChI=1S/C9H17NO2/c11-6-7-8-2-1-4-10(8)5-3-9(7)12/h7-9,11-12H,1-6H2/t7-,8+,9+/m0/s1. The first-order valence-electron chi connectivity index (χ1n) is 4.86. The van der Waals surface area contributed by atoms with Crippen LogP contribution in [-0.4, -0.2) is 47.0 Å². The van der Waals surface area contributed by atoms with Crippen molar-refractivity contribution in [3.63, 3.8) is 0 Å². The van der Waals surface area contributed by atoms with Crippen molar-refractivity contribution in [2.75, 3.05) is 19.7 Å². The lowest BCUT2D eigenvalue weighted by molar-refractivity contribution is -0.0239. The summed E-state index contributed by atoms with van der Waals surface area (Å²) in [6.07, 6.45) is 2.95. The molecular weight excluding hydrogens is 154 g/mol. The molecule has 70 valence electrons. The Labute approximate surface area is 73.0 Å². The first kappa shape index (κ1) is 8.48. The quantitative estimate of drug-likeness (QED) is 0.575. The maximum Gasteiger partial charge on any atom is 0.0617 e. The molecular formula is C9H17NO2. The van der Waals surface area contributed by atoms with E-state index in [1.54, 1.807) is 0 Å². The van der Waals surface area contributed by atoms with Gasteiger partial charge in [-0.1, -0.05) is 0 Å². The number of aliphatic hydroxyl groups excluding tert-OH is 2. The molecule has 0 unspecified atom stereocenters. The molecule has 3 heteroatoms. The van der Waals surface area contributed by atoms with Gasteiger partial charge in [0.05, 0.1) is 6.10 Å². The van der Waals surface area contributed by atoms with E-state index in [-0.39, 0.29) is 18.6 Å². The van der Waals surface area contributed by atoms with Gasteiger partial charge in [0.15, 0.2) is 0 Å². The van der Waals surface area contributed by atoms with Gasteiger partial charge in [-0.15, -0.1) is 0 Å². The average molecular weight is 171 g/mol. The second-order valence-electron chi connectivity index (χ2n) is 3.95. The molecule has 3 nitrogen and oxygen atoms in total. The van der Waals surface area contributed by atoms with Crippen molar-refractivity contribution in [2.24, 2.45) is 5.92 Å². The number of nitrogens with zero attached hydrogens (tertiary/aromatic N) is 1. The molecule has 0 aromatic carbocycles. The maximum absolute atomic E-state index is 9.63. The van der Waals surface area contributed by atoms with Crippen molar-refractivity contribution in [3.05, 3.63) is 0 Å². The summed E-state index contributed by atoms with van der Waals surface area (Å²) in [5.74, 6) is 0.112. The molecule has 2 saturated heterocycles. The molecule has 2 heterocycles. The molecule has 0 saturated carbocycles. The van der Waals surface area contributed by atoms with Gasteiger partial charge in [0.1, 0.15) is 0 Å². The summed E-state index contributed by atoms with van der Waals surface area (Å²) in [5.41, 5.74) is 0. The van der Waals surface area contributed by atoms with E-state index in [2.05, 4.69) is 4.90 Å². The first-order chi connectivity index (χ1) is 5.83. The van der Waals surface area contributed by atoms with Gasteiger partial charge in [-0.25, -0.2) is 0 Å². The van der Waals surface area contributed by atoms with Crippen LogP contribution in [0.4, 0.5) is 0 Å². The number of rotatable bonds is 1. The molecule has 2 aliphatic heterocycles. The van der Waals surface area contributed by atoms with Gasteiger partial charge in [-0.2, -0.15) is 0 Å². The summed E-state index contributed by atoms with van der Waals surface area (Å²) in [6.45, 7) is 2.32. The minimum Gasteiger partial charge on any atom is -0.396 e. The molecule has 3 atom stereocenters. The Balaban J connectivity index is 2.06. The Kier molecular flexibility index (Phi) is 2.35. The second kappa shape index (κ2) is 3.32. The van der Waals surface area contributed by atoms with Crippen LogP contribution in [0.3, 0.4) is 0 Å². The molecule has 0 amide bonds. The Morgan fingerprint density at radius 3 is 2.83 bits per heavy atom. The fraction of sp³-hybridized carbons (Fsp3) is 1.00. The molecule has 0 spiro atoms. The van der Waals surface area contributed by atoms with Crippen molar-refractivity contribution >= 4 is 0 Å². The Morgan fingerprint density at radius 1 is 1.25 bits per heavy atom. The lowest BCUT2D eigenvalue weighted by atomic mass is 9.87. The number of piperidine rings is 1. The Bertz CT molecular complexity index is 163. The van der Waals surface area contributed by atoms with Crippen molar-refractivity contribution in [2.45, 2.75) is 31.4 Å². The van der Waals surface area contributed by atoms with Crippen molar-refractivity contribution in [1.29, 1.82) is 0 Å². The molecule has 0 bridgehead atoms. The van der Waals surface area contributed by atoms with Gasteiger partial charge < -0.3 is 10.2 Å². The van der Waals surface area contributed by atoms with Crippen LogP contribution in [0.1, 0.15) is 19.3 Å². The minimum atomic E-state index is -0.269. The third-order valence-electron chi connectivity index (χ3n) is 3.33. The zero-order valence-corrected chi connectivity index (χ0v) is 7.32. The topological polar surface area (TPSA) is 43.7 Å². The van der Waals surface area contributed by atoms with E-state index in [1.165, 1.54) is 6.42 Å². The lowest BCUT2D eigenvalue weighted by Gasteiger charge is -2.39. The molecule has 2 N–H and O–H groups in total. The van der Waals surface area contributed by atoms with E-state index >= 15 is 0 Å². The summed E-state index contributed by atoms with van der Waals surface area (Å²) in [7, 11) is 0. The van der Waals surface area contributed by atoms with Crippen molar-refractivity contribution in [3.8, 4) is 0 Å². The van der Waals surface area contributed by atoms with Gasteiger partial charge in [-0.05, 0) is 25.8 Å². The van der Waals surface area contributed by atoms with Gasteiger partial charge in [0, 0.05) is 25.1 Å². The molecule has 0 aliphatic carbocycles. The molecule has 12 heavy (non-hydrogen) atoms. The summed E-state index contributed by atoms with van der Waals surface area (Å²) < 4.78 is 0. The van der Waals surface area contributed by atoms with Crippen LogP contribution < -0.4 is 0 Å². The maximum atomic E-state index is 9.63. The molecule has 0 aromatic heterocycles. The normalized spacial score (nSPS) is 43.0. The molecule has 0 aromatic rings. The zero-order chi connectivity index (χ0) is 8.55. The number of aliphatic hydroxyl groups is 2. The lowest BCUT2D eigenvalue weighted by Crippen LogP contribution is -2.49. The van der Waals surface area contributed by atoms with E-state index in [0.717, 1.165) is 25.9 Å². The molecule has 2 aliphatic rings. The third-order valence-corrected chi connectivity index (χ3v) is 3.33. The van der Waals surface area contributed by atoms with E-state index in [0.29, 0.717) is 6.04 Å². The van der Waals surface area contributed by atoms with Gasteiger partial charge in [0.2, 0.25) is 0 Å². The first-order valence-corrected chi connectivity index (χ1v) is 4.86. The average Bonchev–Trinajstić information content (AvgIpc) is 2.52. The molecule has 0 radical (unpaired) electrons. The van der Waals surface area contributed by atoms with E-state index in [9.17, 15) is 5.11 Å². The highest BCUT2D eigenvalue weighted by Crippen LogP contribution is 2.31. The number of hydrogen-bond donors (Lipinski definition) is 2. The smallest absolute Gasteiger partial charge is 0.0617 e. The van der Waals surface area contributed by atoms with Crippen LogP contribution in [0.5, 0.6) is 0 Å². The summed E-state index contributed by atoms with van der Waals surface area (Å²) in [5, 5.41) is 18.8. The summed E-state index contributed by atoms with van der Waals surface area (Å²) >= 11 is 0. The third kappa shape index (κ3) is 1.26. The second-order valence-corrected chi connectivity index (χ2v) is 3.95. The molecule has 2 fully saturated rings. The van der Waals surface area contributed by atoms with E-state index < -0.39 is 0 Å². The SMILES string of the molecule is OC[C@@H]1[C@H](O)CCN2CCC[C@H]12. The summed E-state index contributed by atoms with van der Waals surface area (Å²) in [4.78, 5) is 2.41. The van der Waals surface area contributed by atoms with Crippen LogP contribution in [0.2, 0.25) is 0 Å². The predicted octanol–water partition coefficient (Wildman–Crippen LogP) is -0.176. The fourth-order valence-electron chi connectivity index (χ4n) is 2.63. The van der Waals surface area contributed by atoms with Crippen LogP contribution in [0.25, 0.3) is 0 Å². The Hall–Kier alpha value is -0.120. The van der Waals surface area contributed by atoms with Crippen LogP contribution in [0.15, 0.2) is 0 Å². The fourth-order valence-corrected chi connectivity index (χ4v) is 2.63. The highest BCUT2D eigenvalue weighted by Gasteiger charge is 2.38. The largest absolute Gasteiger partial charge is 0.396 e. The van der Waals surface area contributed by atoms with Crippen molar-refractivity contribution < 1.29 is 10.2 Å².